The highest BCUT2D eigenvalue weighted by atomic mass is 32.2. The summed E-state index contributed by atoms with van der Waals surface area (Å²) >= 11 is 0. The zero-order valence-electron chi connectivity index (χ0n) is 13.7. The molecule has 23 heavy (non-hydrogen) atoms. The topological polar surface area (TPSA) is 66.5 Å². The van der Waals surface area contributed by atoms with Crippen LogP contribution in [-0.4, -0.2) is 44.1 Å². The normalized spacial score (nSPS) is 16.5. The number of carbonyl (C=O) groups is 1. The van der Waals surface area contributed by atoms with Gasteiger partial charge in [0.25, 0.3) is 0 Å². The lowest BCUT2D eigenvalue weighted by atomic mass is 10.1. The van der Waals surface area contributed by atoms with E-state index in [0.29, 0.717) is 38.8 Å². The predicted molar refractivity (Wildman–Crippen MR) is 91.6 cm³/mol. The molecule has 0 spiro atoms. The maximum absolute atomic E-state index is 12.2. The van der Waals surface area contributed by atoms with Crippen LogP contribution in [0.4, 0.5) is 0 Å². The summed E-state index contributed by atoms with van der Waals surface area (Å²) in [7, 11) is -3.25. The van der Waals surface area contributed by atoms with Crippen molar-refractivity contribution in [1.29, 1.82) is 0 Å². The van der Waals surface area contributed by atoms with E-state index in [4.69, 9.17) is 0 Å². The van der Waals surface area contributed by atoms with Crippen molar-refractivity contribution < 1.29 is 13.2 Å². The monoisotopic (exact) mass is 338 g/mol. The van der Waals surface area contributed by atoms with Crippen LogP contribution >= 0.6 is 0 Å². The molecule has 0 aliphatic carbocycles. The molecule has 6 heteroatoms. The van der Waals surface area contributed by atoms with Crippen LogP contribution < -0.4 is 4.72 Å². The Morgan fingerprint density at radius 1 is 1.22 bits per heavy atom. The first kappa shape index (κ1) is 17.9. The first-order valence-corrected chi connectivity index (χ1v) is 9.97. The lowest BCUT2D eigenvalue weighted by molar-refractivity contribution is -0.131. The Bertz CT molecular complexity index is 594. The van der Waals surface area contributed by atoms with Gasteiger partial charge in [-0.05, 0) is 31.2 Å². The van der Waals surface area contributed by atoms with Gasteiger partial charge in [0.2, 0.25) is 15.9 Å². The van der Waals surface area contributed by atoms with E-state index in [1.807, 2.05) is 42.2 Å². The number of nitrogens with one attached hydrogen (secondary N) is 1. The average Bonchev–Trinajstić information content (AvgIpc) is 2.55. The molecule has 0 radical (unpaired) electrons. The van der Waals surface area contributed by atoms with Gasteiger partial charge in [-0.1, -0.05) is 37.3 Å². The highest BCUT2D eigenvalue weighted by Gasteiger charge is 2.24. The van der Waals surface area contributed by atoms with E-state index >= 15 is 0 Å². The van der Waals surface area contributed by atoms with Gasteiger partial charge >= 0.3 is 0 Å². The second-order valence-electron chi connectivity index (χ2n) is 6.03. The molecule has 1 aromatic rings. The molecule has 5 nitrogen and oxygen atoms in total. The van der Waals surface area contributed by atoms with Crippen LogP contribution in [0.25, 0.3) is 0 Å². The molecule has 1 amide bonds. The molecule has 1 aliphatic rings. The summed E-state index contributed by atoms with van der Waals surface area (Å²) < 4.78 is 27.1. The zero-order chi connectivity index (χ0) is 16.7. The average molecular weight is 338 g/mol. The minimum Gasteiger partial charge on any atom is -0.343 e. The van der Waals surface area contributed by atoms with Crippen LogP contribution in [0, 0.1) is 0 Å². The van der Waals surface area contributed by atoms with Crippen LogP contribution in [0.15, 0.2) is 30.3 Å². The maximum atomic E-state index is 12.2. The first-order chi connectivity index (χ1) is 11.0. The summed E-state index contributed by atoms with van der Waals surface area (Å²) in [6.45, 7) is 3.14. The number of benzene rings is 1. The summed E-state index contributed by atoms with van der Waals surface area (Å²) in [5, 5.41) is 0. The Hall–Kier alpha value is -1.40. The number of rotatable bonds is 7. The molecule has 1 aliphatic heterocycles. The molecule has 1 aromatic carbocycles. The molecule has 0 unspecified atom stereocenters. The minimum absolute atomic E-state index is 0.0439. The maximum Gasteiger partial charge on any atom is 0.222 e. The Morgan fingerprint density at radius 3 is 2.48 bits per heavy atom. The van der Waals surface area contributed by atoms with E-state index < -0.39 is 10.0 Å². The Labute approximate surface area is 139 Å². The van der Waals surface area contributed by atoms with E-state index in [1.54, 1.807) is 0 Å². The van der Waals surface area contributed by atoms with Gasteiger partial charge in [0.05, 0.1) is 5.75 Å². The lowest BCUT2D eigenvalue weighted by Crippen LogP contribution is -2.46. The molecule has 0 atom stereocenters. The van der Waals surface area contributed by atoms with E-state index in [2.05, 4.69) is 4.72 Å². The zero-order valence-corrected chi connectivity index (χ0v) is 14.5. The molecule has 0 saturated carbocycles. The number of hydrogen-bond donors (Lipinski definition) is 1. The fourth-order valence-corrected chi connectivity index (χ4v) is 4.28. The van der Waals surface area contributed by atoms with E-state index in [1.165, 1.54) is 0 Å². The Morgan fingerprint density at radius 2 is 1.87 bits per heavy atom. The van der Waals surface area contributed by atoms with Crippen LogP contribution in [-0.2, 0) is 21.2 Å². The fourth-order valence-electron chi connectivity index (χ4n) is 2.89. The Kier molecular flexibility index (Phi) is 6.59. The SMILES string of the molecule is CCC(=O)N1CCC(NS(=O)(=O)CCCc2ccccc2)CC1. The molecule has 128 valence electrons. The first-order valence-electron chi connectivity index (χ1n) is 8.32. The van der Waals surface area contributed by atoms with Gasteiger partial charge in [0, 0.05) is 25.6 Å². The van der Waals surface area contributed by atoms with Crippen molar-refractivity contribution in [1.82, 2.24) is 9.62 Å². The largest absolute Gasteiger partial charge is 0.343 e. The van der Waals surface area contributed by atoms with E-state index in [0.717, 1.165) is 12.0 Å². The summed E-state index contributed by atoms with van der Waals surface area (Å²) in [4.78, 5) is 13.4. The molecule has 1 N–H and O–H groups in total. The van der Waals surface area contributed by atoms with Crippen LogP contribution in [0.2, 0.25) is 0 Å². The van der Waals surface area contributed by atoms with Gasteiger partial charge in [-0.25, -0.2) is 13.1 Å². The van der Waals surface area contributed by atoms with Crippen LogP contribution in [0.3, 0.4) is 0 Å². The Balaban J connectivity index is 1.73. The van der Waals surface area contributed by atoms with Crippen molar-refractivity contribution in [2.75, 3.05) is 18.8 Å². The van der Waals surface area contributed by atoms with Crippen molar-refractivity contribution in [3.05, 3.63) is 35.9 Å². The molecule has 0 aromatic heterocycles. The highest BCUT2D eigenvalue weighted by Crippen LogP contribution is 2.13. The molecular weight excluding hydrogens is 312 g/mol. The molecule has 1 heterocycles. The smallest absolute Gasteiger partial charge is 0.222 e. The fraction of sp³-hybridized carbons (Fsp3) is 0.588. The summed E-state index contributed by atoms with van der Waals surface area (Å²) in [6.07, 6.45) is 3.29. The van der Waals surface area contributed by atoms with E-state index in [-0.39, 0.29) is 17.7 Å². The van der Waals surface area contributed by atoms with Crippen LogP contribution in [0.1, 0.15) is 38.2 Å². The molecular formula is C17H26N2O3S. The van der Waals surface area contributed by atoms with Gasteiger partial charge < -0.3 is 4.90 Å². The van der Waals surface area contributed by atoms with Crippen molar-refractivity contribution in [3.8, 4) is 0 Å². The van der Waals surface area contributed by atoms with Gasteiger partial charge in [0.15, 0.2) is 0 Å². The molecule has 1 saturated heterocycles. The van der Waals surface area contributed by atoms with Crippen molar-refractivity contribution >= 4 is 15.9 Å². The quantitative estimate of drug-likeness (QED) is 0.826. The van der Waals surface area contributed by atoms with Crippen molar-refractivity contribution in [2.45, 2.75) is 45.1 Å². The van der Waals surface area contributed by atoms with Gasteiger partial charge in [-0.15, -0.1) is 0 Å². The second-order valence-corrected chi connectivity index (χ2v) is 7.91. The third kappa shape index (κ3) is 5.95. The number of aryl methyl sites for hydroxylation is 1. The number of sulfonamides is 1. The standard InChI is InChI=1S/C17H26N2O3S/c1-2-17(20)19-12-10-16(11-13-19)18-23(21,22)14-6-9-15-7-4-3-5-8-15/h3-5,7-8,16,18H,2,6,9-14H2,1H3. The van der Waals surface area contributed by atoms with Crippen molar-refractivity contribution in [3.63, 3.8) is 0 Å². The summed E-state index contributed by atoms with van der Waals surface area (Å²) in [6, 6.07) is 9.87. The van der Waals surface area contributed by atoms with E-state index in [9.17, 15) is 13.2 Å². The molecule has 0 bridgehead atoms. The number of nitrogens with zero attached hydrogens (tertiary/aromatic N) is 1. The predicted octanol–water partition coefficient (Wildman–Crippen LogP) is 1.94. The van der Waals surface area contributed by atoms with Crippen molar-refractivity contribution in [2.24, 2.45) is 0 Å². The molecule has 1 fully saturated rings. The lowest BCUT2D eigenvalue weighted by Gasteiger charge is -2.32. The number of amides is 1. The van der Waals surface area contributed by atoms with Gasteiger partial charge in [-0.2, -0.15) is 0 Å². The minimum atomic E-state index is -3.25. The number of carbonyl (C=O) groups excluding carboxylic acids is 1. The third-order valence-electron chi connectivity index (χ3n) is 4.22. The summed E-state index contributed by atoms with van der Waals surface area (Å²) in [5.74, 6) is 0.296. The van der Waals surface area contributed by atoms with Crippen LogP contribution in [0.5, 0.6) is 0 Å². The number of piperidine rings is 1. The second kappa shape index (κ2) is 8.45. The number of likely N-dealkylation sites (tertiary alicyclic amines) is 1. The summed E-state index contributed by atoms with van der Waals surface area (Å²) in [5.41, 5.74) is 1.16. The third-order valence-corrected chi connectivity index (χ3v) is 5.74. The van der Waals surface area contributed by atoms with Gasteiger partial charge in [-0.3, -0.25) is 4.79 Å². The molecule has 2 rings (SSSR count). The number of hydrogen-bond acceptors (Lipinski definition) is 3. The van der Waals surface area contributed by atoms with Gasteiger partial charge in [0.1, 0.15) is 0 Å². The highest BCUT2D eigenvalue weighted by molar-refractivity contribution is 7.89.